The number of para-hydroxylation sites is 1. The molecule has 3 nitrogen and oxygen atoms in total. The van der Waals surface area contributed by atoms with Crippen LogP contribution in [0.3, 0.4) is 0 Å². The van der Waals surface area contributed by atoms with Crippen molar-refractivity contribution >= 4 is 22.9 Å². The van der Waals surface area contributed by atoms with Crippen molar-refractivity contribution in [3.8, 4) is 11.1 Å². The number of hydrogen-bond acceptors (Lipinski definition) is 3. The Morgan fingerprint density at radius 3 is 1.98 bits per heavy atom. The standard InChI is InChI=1S/C35H39N3.3C2H6.C2H4/c1-6-20-35(5)22-21-34(3,4)27-18-19-31(29(35)24-27)38-25(2)37(32-17-12-23-36-33(32)38)30-16-11-10-15-28(30)26-13-8-7-9-14-26;4*1-2/h7-19,23-25H,6,20-22H2,1-5H3;3*1-2H3;1-2H2. The van der Waals surface area contributed by atoms with Crippen LogP contribution in [0.4, 0.5) is 22.9 Å². The lowest BCUT2D eigenvalue weighted by Crippen LogP contribution is -2.37. The first-order valence-corrected chi connectivity index (χ1v) is 17.7. The first-order chi connectivity index (χ1) is 22.3. The molecule has 0 radical (unpaired) electrons. The molecule has 2 unspecified atom stereocenters. The zero-order valence-corrected chi connectivity index (χ0v) is 30.8. The third-order valence-corrected chi connectivity index (χ3v) is 9.04. The minimum absolute atomic E-state index is 0.0778. The van der Waals surface area contributed by atoms with E-state index in [-0.39, 0.29) is 17.0 Å². The van der Waals surface area contributed by atoms with Crippen LogP contribution in [-0.4, -0.2) is 11.1 Å². The maximum Gasteiger partial charge on any atom is 0.158 e. The normalized spacial score (nSPS) is 18.5. The Labute approximate surface area is 282 Å². The molecule has 0 N–H and O–H groups in total. The highest BCUT2D eigenvalue weighted by Gasteiger charge is 2.42. The molecule has 2 bridgehead atoms. The fraction of sp³-hybridized carbons (Fsp3) is 0.419. The fourth-order valence-electron chi connectivity index (χ4n) is 6.78. The number of rotatable bonds is 5. The van der Waals surface area contributed by atoms with Crippen LogP contribution < -0.4 is 9.80 Å². The Hall–Kier alpha value is -3.85. The van der Waals surface area contributed by atoms with Gasteiger partial charge in [0.05, 0.1) is 11.4 Å². The van der Waals surface area contributed by atoms with Gasteiger partial charge in [-0.05, 0) is 78.0 Å². The summed E-state index contributed by atoms with van der Waals surface area (Å²) in [5.74, 6) is 1.04. The van der Waals surface area contributed by atoms with Crippen LogP contribution in [0.5, 0.6) is 0 Å². The predicted molar refractivity (Wildman–Crippen MR) is 206 cm³/mol. The molecule has 1 aliphatic carbocycles. The maximum absolute atomic E-state index is 4.99. The van der Waals surface area contributed by atoms with E-state index in [4.69, 9.17) is 4.98 Å². The summed E-state index contributed by atoms with van der Waals surface area (Å²) in [6, 6.07) is 31.0. The average molecular weight is 620 g/mol. The molecular formula is C43H61N3. The number of benzene rings is 3. The van der Waals surface area contributed by atoms with Gasteiger partial charge >= 0.3 is 0 Å². The SMILES string of the molecule is C=C.CC.CC.CC.CCCC1(C)CCC(C)(C)c2ccc(N3c4ncccc4N(c4ccccc4-c4ccccc4)C3C)c1c2. The smallest absolute Gasteiger partial charge is 0.158 e. The van der Waals surface area contributed by atoms with Crippen molar-refractivity contribution in [2.75, 3.05) is 9.80 Å². The molecule has 0 fully saturated rings. The van der Waals surface area contributed by atoms with Gasteiger partial charge in [0.15, 0.2) is 5.82 Å². The van der Waals surface area contributed by atoms with Crippen LogP contribution in [-0.2, 0) is 10.8 Å². The highest BCUT2D eigenvalue weighted by Crippen LogP contribution is 2.53. The predicted octanol–water partition coefficient (Wildman–Crippen LogP) is 13.4. The van der Waals surface area contributed by atoms with Crippen LogP contribution in [0, 0.1) is 0 Å². The van der Waals surface area contributed by atoms with Crippen molar-refractivity contribution in [2.24, 2.45) is 0 Å². The van der Waals surface area contributed by atoms with Gasteiger partial charge in [-0.1, -0.05) is 136 Å². The van der Waals surface area contributed by atoms with E-state index < -0.39 is 0 Å². The Kier molecular flexibility index (Phi) is 14.8. The summed E-state index contributed by atoms with van der Waals surface area (Å²) in [6.45, 7) is 29.9. The molecule has 46 heavy (non-hydrogen) atoms. The topological polar surface area (TPSA) is 19.4 Å². The second-order valence-electron chi connectivity index (χ2n) is 12.0. The third kappa shape index (κ3) is 7.57. The van der Waals surface area contributed by atoms with Crippen molar-refractivity contribution in [3.05, 3.63) is 115 Å². The lowest BCUT2D eigenvalue weighted by Gasteiger charge is -2.36. The summed E-state index contributed by atoms with van der Waals surface area (Å²) in [6.07, 6.45) is 6.79. The first-order valence-electron chi connectivity index (χ1n) is 17.7. The van der Waals surface area contributed by atoms with E-state index in [0.717, 1.165) is 11.5 Å². The Morgan fingerprint density at radius 1 is 0.717 bits per heavy atom. The van der Waals surface area contributed by atoms with Crippen molar-refractivity contribution in [1.82, 2.24) is 4.98 Å². The van der Waals surface area contributed by atoms with Gasteiger partial charge in [0.2, 0.25) is 0 Å². The second kappa shape index (κ2) is 17.7. The Balaban J connectivity index is 0.000000856. The van der Waals surface area contributed by atoms with Gasteiger partial charge in [0, 0.05) is 17.4 Å². The molecule has 3 heteroatoms. The summed E-state index contributed by atoms with van der Waals surface area (Å²) in [7, 11) is 0. The van der Waals surface area contributed by atoms with E-state index in [9.17, 15) is 0 Å². The summed E-state index contributed by atoms with van der Waals surface area (Å²) in [4.78, 5) is 9.96. The highest BCUT2D eigenvalue weighted by molar-refractivity contribution is 5.91. The van der Waals surface area contributed by atoms with E-state index in [1.807, 2.05) is 47.7 Å². The average Bonchev–Trinajstić information content (AvgIpc) is 3.38. The molecule has 4 aromatic rings. The summed E-state index contributed by atoms with van der Waals surface area (Å²) < 4.78 is 0. The van der Waals surface area contributed by atoms with Crippen molar-refractivity contribution < 1.29 is 0 Å². The fourth-order valence-corrected chi connectivity index (χ4v) is 6.78. The van der Waals surface area contributed by atoms with Gasteiger partial charge in [-0.25, -0.2) is 4.98 Å². The van der Waals surface area contributed by atoms with E-state index in [2.05, 4.69) is 143 Å². The molecule has 0 spiro atoms. The van der Waals surface area contributed by atoms with Crippen molar-refractivity contribution in [2.45, 2.75) is 119 Å². The van der Waals surface area contributed by atoms with Crippen molar-refractivity contribution in [1.29, 1.82) is 0 Å². The second-order valence-corrected chi connectivity index (χ2v) is 12.0. The molecule has 1 aromatic heterocycles. The summed E-state index contributed by atoms with van der Waals surface area (Å²) >= 11 is 0. The van der Waals surface area contributed by atoms with Gasteiger partial charge in [-0.15, -0.1) is 13.2 Å². The molecule has 0 saturated carbocycles. The lowest BCUT2D eigenvalue weighted by atomic mass is 9.74. The molecule has 1 aliphatic heterocycles. The molecule has 2 heterocycles. The van der Waals surface area contributed by atoms with Crippen LogP contribution in [0.2, 0.25) is 0 Å². The summed E-state index contributed by atoms with van der Waals surface area (Å²) in [5.41, 5.74) is 9.39. The first kappa shape index (κ1) is 38.3. The summed E-state index contributed by atoms with van der Waals surface area (Å²) in [5, 5.41) is 0. The highest BCUT2D eigenvalue weighted by atomic mass is 15.4. The molecule has 0 saturated heterocycles. The van der Waals surface area contributed by atoms with Gasteiger partial charge in [-0.3, -0.25) is 0 Å². The maximum atomic E-state index is 4.99. The molecule has 248 valence electrons. The van der Waals surface area contributed by atoms with E-state index in [1.165, 1.54) is 59.3 Å². The molecule has 3 aromatic carbocycles. The number of aromatic nitrogens is 1. The number of anilines is 4. The van der Waals surface area contributed by atoms with Crippen molar-refractivity contribution in [3.63, 3.8) is 0 Å². The molecule has 2 aliphatic rings. The van der Waals surface area contributed by atoms with E-state index in [0.29, 0.717) is 0 Å². The van der Waals surface area contributed by atoms with Gasteiger partial charge in [0.25, 0.3) is 0 Å². The van der Waals surface area contributed by atoms with Gasteiger partial charge in [0.1, 0.15) is 6.17 Å². The van der Waals surface area contributed by atoms with Crippen LogP contribution in [0.25, 0.3) is 11.1 Å². The number of nitrogens with zero attached hydrogens (tertiary/aromatic N) is 3. The zero-order chi connectivity index (χ0) is 34.5. The van der Waals surface area contributed by atoms with Crippen LogP contribution >= 0.6 is 0 Å². The number of hydrogen-bond donors (Lipinski definition) is 0. The molecule has 6 rings (SSSR count). The van der Waals surface area contributed by atoms with Crippen LogP contribution in [0.1, 0.15) is 113 Å². The minimum atomic E-state index is 0.0778. The monoisotopic (exact) mass is 619 g/mol. The zero-order valence-electron chi connectivity index (χ0n) is 30.8. The third-order valence-electron chi connectivity index (χ3n) is 9.04. The van der Waals surface area contributed by atoms with Gasteiger partial charge < -0.3 is 9.80 Å². The molecule has 0 amide bonds. The Morgan fingerprint density at radius 2 is 1.33 bits per heavy atom. The Bertz CT molecular complexity index is 1470. The van der Waals surface area contributed by atoms with Crippen LogP contribution in [0.15, 0.2) is 104 Å². The van der Waals surface area contributed by atoms with E-state index in [1.54, 1.807) is 0 Å². The quantitative estimate of drug-likeness (QED) is 0.207. The number of pyridine rings is 1. The largest absolute Gasteiger partial charge is 0.317 e. The van der Waals surface area contributed by atoms with Gasteiger partial charge in [-0.2, -0.15) is 0 Å². The van der Waals surface area contributed by atoms with E-state index >= 15 is 0 Å². The minimum Gasteiger partial charge on any atom is -0.317 e. The molecular weight excluding hydrogens is 558 g/mol. The number of fused-ring (bicyclic) bond motifs is 3. The molecule has 2 atom stereocenters. The lowest BCUT2D eigenvalue weighted by molar-refractivity contribution is 0.346.